The molecule has 0 radical (unpaired) electrons. The maximum atomic E-state index is 11.5. The second-order valence-electron chi connectivity index (χ2n) is 4.76. The highest BCUT2D eigenvalue weighted by Gasteiger charge is 2.18. The Morgan fingerprint density at radius 2 is 2.12 bits per heavy atom. The predicted octanol–water partition coefficient (Wildman–Crippen LogP) is 2.85. The fraction of sp³-hybridized carbons (Fsp3) is 0.636. The van der Waals surface area contributed by atoms with Gasteiger partial charge in [0, 0.05) is 4.88 Å². The molecule has 2 N–H and O–H groups in total. The van der Waals surface area contributed by atoms with Crippen LogP contribution in [0.4, 0.5) is 9.93 Å². The molecule has 1 rings (SSSR count). The fourth-order valence-electron chi connectivity index (χ4n) is 1.24. The van der Waals surface area contributed by atoms with Crippen molar-refractivity contribution in [3.63, 3.8) is 0 Å². The van der Waals surface area contributed by atoms with Crippen molar-refractivity contribution in [2.24, 2.45) is 0 Å². The van der Waals surface area contributed by atoms with Crippen LogP contribution in [-0.4, -0.2) is 21.8 Å². The minimum absolute atomic E-state index is 0.438. The lowest BCUT2D eigenvalue weighted by atomic mass is 10.2. The summed E-state index contributed by atoms with van der Waals surface area (Å²) in [4.78, 5) is 16.5. The van der Waals surface area contributed by atoms with Crippen LogP contribution >= 0.6 is 11.3 Å². The molecule has 0 aliphatic heterocycles. The van der Waals surface area contributed by atoms with Crippen LogP contribution in [0.3, 0.4) is 0 Å². The number of rotatable bonds is 2. The minimum Gasteiger partial charge on any atom is -0.444 e. The van der Waals surface area contributed by atoms with Crippen molar-refractivity contribution in [3.8, 4) is 0 Å². The topological polar surface area (TPSA) is 71.5 Å². The van der Waals surface area contributed by atoms with Gasteiger partial charge in [0.15, 0.2) is 5.13 Å². The maximum absolute atomic E-state index is 11.5. The molecule has 0 aliphatic rings. The highest BCUT2D eigenvalue weighted by Crippen LogP contribution is 2.26. The zero-order valence-electron chi connectivity index (χ0n) is 10.7. The van der Waals surface area contributed by atoms with Crippen LogP contribution in [0.1, 0.15) is 44.4 Å². The van der Waals surface area contributed by atoms with Crippen molar-refractivity contribution in [2.75, 3.05) is 5.32 Å². The summed E-state index contributed by atoms with van der Waals surface area (Å²) in [5, 5.41) is 12.4. The van der Waals surface area contributed by atoms with E-state index >= 15 is 0 Å². The molecule has 0 aliphatic carbocycles. The van der Waals surface area contributed by atoms with E-state index in [4.69, 9.17) is 4.74 Å². The standard InChI is InChI=1S/C11H18N2O3S/c1-6(14)8-7(2)17-9(12-8)13-10(15)16-11(3,4)5/h6,14H,1-5H3,(H,12,13,15). The molecule has 96 valence electrons. The number of hydrogen-bond donors (Lipinski definition) is 2. The predicted molar refractivity (Wildman–Crippen MR) is 67.3 cm³/mol. The minimum atomic E-state index is -0.638. The molecular weight excluding hydrogens is 240 g/mol. The second-order valence-corrected chi connectivity index (χ2v) is 5.97. The summed E-state index contributed by atoms with van der Waals surface area (Å²) in [5.41, 5.74) is 0.0461. The lowest BCUT2D eigenvalue weighted by Gasteiger charge is -2.18. The summed E-state index contributed by atoms with van der Waals surface area (Å²) in [5.74, 6) is 0. The largest absolute Gasteiger partial charge is 0.444 e. The number of aliphatic hydroxyl groups is 1. The maximum Gasteiger partial charge on any atom is 0.413 e. The summed E-state index contributed by atoms with van der Waals surface area (Å²) >= 11 is 1.31. The molecule has 0 saturated heterocycles. The molecule has 1 aromatic rings. The van der Waals surface area contributed by atoms with E-state index < -0.39 is 17.8 Å². The number of nitrogens with one attached hydrogen (secondary N) is 1. The van der Waals surface area contributed by atoms with E-state index in [2.05, 4.69) is 10.3 Å². The molecule has 1 atom stereocenters. The van der Waals surface area contributed by atoms with Gasteiger partial charge >= 0.3 is 6.09 Å². The number of thiazole rings is 1. The van der Waals surface area contributed by atoms with Gasteiger partial charge in [0.25, 0.3) is 0 Å². The van der Waals surface area contributed by atoms with Gasteiger partial charge in [0.05, 0.1) is 11.8 Å². The van der Waals surface area contributed by atoms with Gasteiger partial charge in [-0.3, -0.25) is 5.32 Å². The molecule has 0 fully saturated rings. The SMILES string of the molecule is Cc1sc(NC(=O)OC(C)(C)C)nc1C(C)O. The van der Waals surface area contributed by atoms with Crippen molar-refractivity contribution in [3.05, 3.63) is 10.6 Å². The molecule has 5 nitrogen and oxygen atoms in total. The van der Waals surface area contributed by atoms with Crippen molar-refractivity contribution in [1.29, 1.82) is 0 Å². The van der Waals surface area contributed by atoms with Crippen LogP contribution in [-0.2, 0) is 4.74 Å². The van der Waals surface area contributed by atoms with Crippen molar-refractivity contribution in [2.45, 2.75) is 46.3 Å². The smallest absolute Gasteiger partial charge is 0.413 e. The van der Waals surface area contributed by atoms with E-state index in [1.165, 1.54) is 11.3 Å². The van der Waals surface area contributed by atoms with Crippen LogP contribution in [0, 0.1) is 6.92 Å². The molecule has 0 bridgehead atoms. The van der Waals surface area contributed by atoms with Crippen molar-refractivity contribution >= 4 is 22.6 Å². The van der Waals surface area contributed by atoms with Crippen molar-refractivity contribution < 1.29 is 14.6 Å². The van der Waals surface area contributed by atoms with Gasteiger partial charge in [0.2, 0.25) is 0 Å². The number of amides is 1. The van der Waals surface area contributed by atoms with E-state index in [1.54, 1.807) is 27.7 Å². The van der Waals surface area contributed by atoms with Gasteiger partial charge in [-0.05, 0) is 34.6 Å². The van der Waals surface area contributed by atoms with Crippen LogP contribution in [0.25, 0.3) is 0 Å². The summed E-state index contributed by atoms with van der Waals surface area (Å²) in [7, 11) is 0. The average molecular weight is 258 g/mol. The second kappa shape index (κ2) is 5.01. The molecule has 1 heterocycles. The summed E-state index contributed by atoms with van der Waals surface area (Å²) in [6.07, 6.45) is -1.18. The van der Waals surface area contributed by atoms with E-state index in [0.29, 0.717) is 10.8 Å². The normalized spacial score (nSPS) is 13.3. The van der Waals surface area contributed by atoms with E-state index in [0.717, 1.165) is 4.88 Å². The third kappa shape index (κ3) is 4.32. The first-order valence-electron chi connectivity index (χ1n) is 5.34. The van der Waals surface area contributed by atoms with Gasteiger partial charge < -0.3 is 9.84 Å². The quantitative estimate of drug-likeness (QED) is 0.855. The summed E-state index contributed by atoms with van der Waals surface area (Å²) in [6, 6.07) is 0. The number of hydrogen-bond acceptors (Lipinski definition) is 5. The lowest BCUT2D eigenvalue weighted by Crippen LogP contribution is -2.27. The Balaban J connectivity index is 2.70. The number of nitrogens with zero attached hydrogens (tertiary/aromatic N) is 1. The Bertz CT molecular complexity index is 407. The Kier molecular flexibility index (Phi) is 4.11. The number of ether oxygens (including phenoxy) is 1. The number of anilines is 1. The molecule has 0 aromatic carbocycles. The first-order chi connectivity index (χ1) is 7.69. The lowest BCUT2D eigenvalue weighted by molar-refractivity contribution is 0.0635. The first-order valence-corrected chi connectivity index (χ1v) is 6.16. The molecular formula is C11H18N2O3S. The summed E-state index contributed by atoms with van der Waals surface area (Å²) < 4.78 is 5.11. The monoisotopic (exact) mass is 258 g/mol. The number of carbonyl (C=O) groups is 1. The van der Waals surface area contributed by atoms with E-state index in [-0.39, 0.29) is 0 Å². The zero-order valence-corrected chi connectivity index (χ0v) is 11.5. The number of aliphatic hydroxyl groups excluding tert-OH is 1. The van der Waals surface area contributed by atoms with E-state index in [1.807, 2.05) is 6.92 Å². The Hall–Kier alpha value is -1.14. The highest BCUT2D eigenvalue weighted by atomic mass is 32.1. The molecule has 6 heteroatoms. The Labute approximate surface area is 105 Å². The van der Waals surface area contributed by atoms with E-state index in [9.17, 15) is 9.90 Å². The third-order valence-electron chi connectivity index (χ3n) is 1.84. The van der Waals surface area contributed by atoms with Gasteiger partial charge in [-0.2, -0.15) is 0 Å². The molecule has 0 spiro atoms. The van der Waals surface area contributed by atoms with Crippen molar-refractivity contribution in [1.82, 2.24) is 4.98 Å². The number of aryl methyl sites for hydroxylation is 1. The van der Waals surface area contributed by atoms with Crippen LogP contribution in [0.5, 0.6) is 0 Å². The van der Waals surface area contributed by atoms with Gasteiger partial charge in [-0.15, -0.1) is 11.3 Å². The molecule has 17 heavy (non-hydrogen) atoms. The third-order valence-corrected chi connectivity index (χ3v) is 2.74. The molecule has 0 saturated carbocycles. The highest BCUT2D eigenvalue weighted by molar-refractivity contribution is 7.15. The van der Waals surface area contributed by atoms with Crippen LogP contribution in [0.2, 0.25) is 0 Å². The molecule has 1 aromatic heterocycles. The van der Waals surface area contributed by atoms with Gasteiger partial charge in [-0.25, -0.2) is 9.78 Å². The Morgan fingerprint density at radius 3 is 2.53 bits per heavy atom. The number of carbonyl (C=O) groups excluding carboxylic acids is 1. The first kappa shape index (κ1) is 13.9. The molecule has 1 amide bonds. The number of aromatic nitrogens is 1. The van der Waals surface area contributed by atoms with Crippen LogP contribution in [0.15, 0.2) is 0 Å². The van der Waals surface area contributed by atoms with Gasteiger partial charge in [0.1, 0.15) is 5.60 Å². The average Bonchev–Trinajstić information content (AvgIpc) is 2.42. The van der Waals surface area contributed by atoms with Crippen LogP contribution < -0.4 is 5.32 Å². The summed E-state index contributed by atoms with van der Waals surface area (Å²) in [6.45, 7) is 8.86. The zero-order chi connectivity index (χ0) is 13.2. The Morgan fingerprint density at radius 1 is 1.53 bits per heavy atom. The molecule has 1 unspecified atom stereocenters. The van der Waals surface area contributed by atoms with Gasteiger partial charge in [-0.1, -0.05) is 0 Å². The fourth-order valence-corrected chi connectivity index (χ4v) is 2.13.